The Labute approximate surface area is 132 Å². The monoisotopic (exact) mass is 354 g/mol. The van der Waals surface area contributed by atoms with Crippen LogP contribution in [-0.4, -0.2) is 14.2 Å². The van der Waals surface area contributed by atoms with Crippen LogP contribution >= 0.6 is 27.5 Å². The Kier molecular flexibility index (Phi) is 4.95. The molecule has 2 rings (SSSR count). The van der Waals surface area contributed by atoms with E-state index in [2.05, 4.69) is 15.9 Å². The Hall–Kier alpha value is -1.19. The average molecular weight is 356 g/mol. The predicted molar refractivity (Wildman–Crippen MR) is 86.1 cm³/mol. The van der Waals surface area contributed by atoms with Gasteiger partial charge in [0.1, 0.15) is 11.5 Å². The quantitative estimate of drug-likeness (QED) is 0.710. The van der Waals surface area contributed by atoms with Crippen LogP contribution in [0.5, 0.6) is 11.5 Å². The average Bonchev–Trinajstić information content (AvgIpc) is 2.46. The summed E-state index contributed by atoms with van der Waals surface area (Å²) in [5.41, 5.74) is 3.03. The highest BCUT2D eigenvalue weighted by Gasteiger charge is 2.16. The summed E-state index contributed by atoms with van der Waals surface area (Å²) in [5.74, 6) is 1.63. The highest BCUT2D eigenvalue weighted by Crippen LogP contribution is 2.37. The Morgan fingerprint density at radius 2 is 1.70 bits per heavy atom. The third kappa shape index (κ3) is 3.10. The normalized spacial score (nSPS) is 12.1. The minimum absolute atomic E-state index is 0.261. The van der Waals surface area contributed by atoms with Gasteiger partial charge in [-0.05, 0) is 36.2 Å². The molecule has 0 aliphatic carbocycles. The van der Waals surface area contributed by atoms with Crippen LogP contribution < -0.4 is 9.47 Å². The fourth-order valence-electron chi connectivity index (χ4n) is 2.13. The number of hydrogen-bond donors (Lipinski definition) is 0. The number of benzene rings is 2. The summed E-state index contributed by atoms with van der Waals surface area (Å²) in [6, 6.07) is 11.8. The Balaban J connectivity index is 2.40. The van der Waals surface area contributed by atoms with Crippen molar-refractivity contribution in [3.63, 3.8) is 0 Å². The van der Waals surface area contributed by atoms with E-state index in [1.54, 1.807) is 14.2 Å². The van der Waals surface area contributed by atoms with Crippen molar-refractivity contribution >= 4 is 27.5 Å². The molecule has 0 aliphatic heterocycles. The molecule has 0 saturated carbocycles. The van der Waals surface area contributed by atoms with E-state index in [1.165, 1.54) is 0 Å². The van der Waals surface area contributed by atoms with Crippen molar-refractivity contribution in [2.75, 3.05) is 14.2 Å². The van der Waals surface area contributed by atoms with Crippen molar-refractivity contribution < 1.29 is 9.47 Å². The van der Waals surface area contributed by atoms with Crippen LogP contribution in [0.4, 0.5) is 0 Å². The lowest BCUT2D eigenvalue weighted by atomic mass is 10.0. The molecule has 0 amide bonds. The lowest BCUT2D eigenvalue weighted by Crippen LogP contribution is -1.98. The zero-order valence-corrected chi connectivity index (χ0v) is 14.0. The summed E-state index contributed by atoms with van der Waals surface area (Å²) in [4.78, 5) is 0. The van der Waals surface area contributed by atoms with E-state index < -0.39 is 0 Å². The van der Waals surface area contributed by atoms with Gasteiger partial charge in [-0.2, -0.15) is 0 Å². The SMILES string of the molecule is COc1ccc(C(Cl)c2ccc(Br)cc2OC)cc1C. The third-order valence-corrected chi connectivity index (χ3v) is 4.16. The fourth-order valence-corrected chi connectivity index (χ4v) is 2.79. The van der Waals surface area contributed by atoms with E-state index in [0.717, 1.165) is 32.7 Å². The van der Waals surface area contributed by atoms with Crippen molar-refractivity contribution in [3.8, 4) is 11.5 Å². The van der Waals surface area contributed by atoms with E-state index >= 15 is 0 Å². The summed E-state index contributed by atoms with van der Waals surface area (Å²) in [7, 11) is 3.31. The van der Waals surface area contributed by atoms with Gasteiger partial charge in [0.15, 0.2) is 0 Å². The highest BCUT2D eigenvalue weighted by molar-refractivity contribution is 9.10. The molecule has 0 aliphatic rings. The highest BCUT2D eigenvalue weighted by atomic mass is 79.9. The first-order valence-electron chi connectivity index (χ1n) is 6.19. The minimum Gasteiger partial charge on any atom is -0.496 e. The summed E-state index contributed by atoms with van der Waals surface area (Å²) >= 11 is 10.0. The lowest BCUT2D eigenvalue weighted by molar-refractivity contribution is 0.409. The van der Waals surface area contributed by atoms with E-state index in [-0.39, 0.29) is 5.38 Å². The summed E-state index contributed by atoms with van der Waals surface area (Å²) in [6.07, 6.45) is 0. The molecule has 2 nitrogen and oxygen atoms in total. The Morgan fingerprint density at radius 3 is 2.30 bits per heavy atom. The molecule has 4 heteroatoms. The molecule has 0 saturated heterocycles. The smallest absolute Gasteiger partial charge is 0.125 e. The second-order valence-electron chi connectivity index (χ2n) is 4.48. The van der Waals surface area contributed by atoms with E-state index in [0.29, 0.717) is 0 Å². The fraction of sp³-hybridized carbons (Fsp3) is 0.250. The second kappa shape index (κ2) is 6.51. The zero-order chi connectivity index (χ0) is 14.7. The molecule has 0 N–H and O–H groups in total. The molecule has 106 valence electrons. The van der Waals surface area contributed by atoms with Crippen molar-refractivity contribution in [2.45, 2.75) is 12.3 Å². The van der Waals surface area contributed by atoms with Gasteiger partial charge in [0.25, 0.3) is 0 Å². The van der Waals surface area contributed by atoms with Gasteiger partial charge in [-0.1, -0.05) is 34.1 Å². The van der Waals surface area contributed by atoms with Gasteiger partial charge in [-0.3, -0.25) is 0 Å². The predicted octanol–water partition coefficient (Wildman–Crippen LogP) is 5.10. The van der Waals surface area contributed by atoms with Gasteiger partial charge in [-0.25, -0.2) is 0 Å². The molecular weight excluding hydrogens is 340 g/mol. The Morgan fingerprint density at radius 1 is 1.00 bits per heavy atom. The van der Waals surface area contributed by atoms with Crippen molar-refractivity contribution in [2.24, 2.45) is 0 Å². The molecule has 0 fully saturated rings. The molecule has 2 aromatic rings. The number of methoxy groups -OCH3 is 2. The van der Waals surface area contributed by atoms with E-state index in [4.69, 9.17) is 21.1 Å². The Bertz CT molecular complexity index is 613. The van der Waals surface area contributed by atoms with Crippen LogP contribution in [0.1, 0.15) is 22.1 Å². The topological polar surface area (TPSA) is 18.5 Å². The molecular formula is C16H16BrClO2. The molecule has 0 spiro atoms. The van der Waals surface area contributed by atoms with Gasteiger partial charge >= 0.3 is 0 Å². The van der Waals surface area contributed by atoms with Gasteiger partial charge in [-0.15, -0.1) is 11.6 Å². The minimum atomic E-state index is -0.261. The van der Waals surface area contributed by atoms with E-state index in [1.807, 2.05) is 43.3 Å². The third-order valence-electron chi connectivity index (χ3n) is 3.18. The molecule has 0 aromatic heterocycles. The van der Waals surface area contributed by atoms with Crippen molar-refractivity contribution in [3.05, 3.63) is 57.6 Å². The number of aryl methyl sites for hydroxylation is 1. The maximum absolute atomic E-state index is 6.60. The number of alkyl halides is 1. The lowest BCUT2D eigenvalue weighted by Gasteiger charge is -2.16. The van der Waals surface area contributed by atoms with Crippen molar-refractivity contribution in [1.82, 2.24) is 0 Å². The van der Waals surface area contributed by atoms with Gasteiger partial charge in [0, 0.05) is 10.0 Å². The van der Waals surface area contributed by atoms with Crippen LogP contribution in [0.2, 0.25) is 0 Å². The summed E-state index contributed by atoms with van der Waals surface area (Å²) in [6.45, 7) is 2.00. The van der Waals surface area contributed by atoms with E-state index in [9.17, 15) is 0 Å². The number of rotatable bonds is 4. The molecule has 20 heavy (non-hydrogen) atoms. The maximum atomic E-state index is 6.60. The number of ether oxygens (including phenoxy) is 2. The number of halogens is 2. The van der Waals surface area contributed by atoms with Gasteiger partial charge < -0.3 is 9.47 Å². The van der Waals surface area contributed by atoms with Gasteiger partial charge in [0.2, 0.25) is 0 Å². The molecule has 2 aromatic carbocycles. The van der Waals surface area contributed by atoms with Crippen LogP contribution in [0, 0.1) is 6.92 Å². The first-order valence-corrected chi connectivity index (χ1v) is 7.41. The first-order chi connectivity index (χ1) is 9.56. The molecule has 0 bridgehead atoms. The standard InChI is InChI=1S/C16H16BrClO2/c1-10-8-11(4-7-14(10)19-2)16(18)13-6-5-12(17)9-15(13)20-3/h4-9,16H,1-3H3. The van der Waals surface area contributed by atoms with Crippen LogP contribution in [-0.2, 0) is 0 Å². The largest absolute Gasteiger partial charge is 0.496 e. The van der Waals surface area contributed by atoms with Crippen LogP contribution in [0.15, 0.2) is 40.9 Å². The second-order valence-corrected chi connectivity index (χ2v) is 5.83. The molecule has 1 unspecified atom stereocenters. The first kappa shape index (κ1) is 15.2. The maximum Gasteiger partial charge on any atom is 0.125 e. The van der Waals surface area contributed by atoms with Gasteiger partial charge in [0.05, 0.1) is 19.6 Å². The number of hydrogen-bond acceptors (Lipinski definition) is 2. The zero-order valence-electron chi connectivity index (χ0n) is 11.6. The summed E-state index contributed by atoms with van der Waals surface area (Å²) in [5, 5.41) is -0.261. The van der Waals surface area contributed by atoms with Crippen molar-refractivity contribution in [1.29, 1.82) is 0 Å². The molecule has 1 atom stereocenters. The van der Waals surface area contributed by atoms with Crippen LogP contribution in [0.25, 0.3) is 0 Å². The molecule has 0 radical (unpaired) electrons. The summed E-state index contributed by atoms with van der Waals surface area (Å²) < 4.78 is 11.6. The molecule has 0 heterocycles. The van der Waals surface area contributed by atoms with Crippen LogP contribution in [0.3, 0.4) is 0 Å².